The number of imide groups is 1. The van der Waals surface area contributed by atoms with Crippen LogP contribution in [0.5, 0.6) is 0 Å². The number of anilines is 2. The molecule has 0 radical (unpaired) electrons. The third-order valence-corrected chi connectivity index (χ3v) is 8.09. The fourth-order valence-corrected chi connectivity index (χ4v) is 6.09. The predicted molar refractivity (Wildman–Crippen MR) is 137 cm³/mol. The molecule has 37 heavy (non-hydrogen) atoms. The van der Waals surface area contributed by atoms with Crippen molar-refractivity contribution in [3.05, 3.63) is 90.0 Å². The van der Waals surface area contributed by atoms with Gasteiger partial charge in [0.05, 0.1) is 28.6 Å². The van der Waals surface area contributed by atoms with Gasteiger partial charge in [0.2, 0.25) is 21.8 Å². The predicted octanol–water partition coefficient (Wildman–Crippen LogP) is 3.60. The van der Waals surface area contributed by atoms with E-state index in [1.54, 1.807) is 37.3 Å². The highest BCUT2D eigenvalue weighted by Crippen LogP contribution is 2.36. The van der Waals surface area contributed by atoms with E-state index in [2.05, 4.69) is 5.32 Å². The van der Waals surface area contributed by atoms with Crippen LogP contribution in [-0.2, 0) is 24.4 Å². The summed E-state index contributed by atoms with van der Waals surface area (Å²) in [6, 6.07) is 20.3. The normalized spacial score (nSPS) is 16.5. The van der Waals surface area contributed by atoms with Crippen molar-refractivity contribution < 1.29 is 22.8 Å². The summed E-state index contributed by atoms with van der Waals surface area (Å²) in [6.45, 7) is 3.01. The molecule has 3 amide bonds. The molecule has 2 atom stereocenters. The molecule has 1 heterocycles. The monoisotopic (exact) mass is 516 g/mol. The molecule has 1 N–H and O–H groups in total. The van der Waals surface area contributed by atoms with Crippen LogP contribution in [0, 0.1) is 11.3 Å². The SMILES string of the molecule is CC(=O)Nc1ccc(S(=O)(=O)N(C2CC(=O)N(c3ccc(C#N)cc3)C2=O)C(C)c2ccccc2)cc1. The smallest absolute Gasteiger partial charge is 0.252 e. The number of carbonyl (C=O) groups excluding carboxylic acids is 3. The highest BCUT2D eigenvalue weighted by atomic mass is 32.2. The number of benzene rings is 3. The molecule has 10 heteroatoms. The van der Waals surface area contributed by atoms with E-state index in [1.807, 2.05) is 6.07 Å². The van der Waals surface area contributed by atoms with Crippen molar-refractivity contribution in [2.75, 3.05) is 10.2 Å². The van der Waals surface area contributed by atoms with Crippen molar-refractivity contribution in [2.24, 2.45) is 0 Å². The summed E-state index contributed by atoms with van der Waals surface area (Å²) in [5, 5.41) is 11.6. The molecule has 0 saturated carbocycles. The summed E-state index contributed by atoms with van der Waals surface area (Å²) in [6.07, 6.45) is -0.334. The van der Waals surface area contributed by atoms with Crippen molar-refractivity contribution in [3.63, 3.8) is 0 Å². The first-order chi connectivity index (χ1) is 17.6. The molecule has 188 valence electrons. The van der Waals surface area contributed by atoms with Crippen LogP contribution in [0.1, 0.15) is 37.4 Å². The number of hydrogen-bond acceptors (Lipinski definition) is 6. The van der Waals surface area contributed by atoms with Gasteiger partial charge in [-0.25, -0.2) is 13.3 Å². The summed E-state index contributed by atoms with van der Waals surface area (Å²) >= 11 is 0. The molecule has 4 rings (SSSR count). The van der Waals surface area contributed by atoms with Crippen molar-refractivity contribution >= 4 is 39.1 Å². The summed E-state index contributed by atoms with van der Waals surface area (Å²) < 4.78 is 29.0. The summed E-state index contributed by atoms with van der Waals surface area (Å²) in [7, 11) is -4.27. The van der Waals surface area contributed by atoms with Crippen LogP contribution < -0.4 is 10.2 Å². The van der Waals surface area contributed by atoms with Gasteiger partial charge in [-0.1, -0.05) is 30.3 Å². The average Bonchev–Trinajstić information content (AvgIpc) is 3.17. The fourth-order valence-electron chi connectivity index (χ4n) is 4.33. The van der Waals surface area contributed by atoms with Crippen LogP contribution in [-0.4, -0.2) is 36.5 Å². The number of carbonyl (C=O) groups is 3. The molecule has 0 spiro atoms. The fraction of sp³-hybridized carbons (Fsp3) is 0.185. The van der Waals surface area contributed by atoms with E-state index in [4.69, 9.17) is 5.26 Å². The Morgan fingerprint density at radius 1 is 1.03 bits per heavy atom. The number of nitrogens with zero attached hydrogens (tertiary/aromatic N) is 3. The van der Waals surface area contributed by atoms with Crippen molar-refractivity contribution in [2.45, 2.75) is 37.2 Å². The quantitative estimate of drug-likeness (QED) is 0.478. The van der Waals surface area contributed by atoms with Crippen molar-refractivity contribution in [1.82, 2.24) is 4.31 Å². The number of hydrogen-bond donors (Lipinski definition) is 1. The second-order valence-electron chi connectivity index (χ2n) is 8.57. The van der Waals surface area contributed by atoms with Crippen molar-refractivity contribution in [3.8, 4) is 6.07 Å². The lowest BCUT2D eigenvalue weighted by atomic mass is 10.1. The lowest BCUT2D eigenvalue weighted by Crippen LogP contribution is -2.46. The molecule has 1 fully saturated rings. The van der Waals surface area contributed by atoms with Gasteiger partial charge >= 0.3 is 0 Å². The molecule has 1 aliphatic heterocycles. The maximum atomic E-state index is 14.0. The van der Waals surface area contributed by atoms with Gasteiger partial charge in [0.1, 0.15) is 6.04 Å². The molecule has 3 aromatic carbocycles. The second kappa shape index (κ2) is 10.3. The van der Waals surface area contributed by atoms with Crippen molar-refractivity contribution in [1.29, 1.82) is 5.26 Å². The largest absolute Gasteiger partial charge is 0.326 e. The first kappa shape index (κ1) is 25.8. The van der Waals surface area contributed by atoms with Crippen LogP contribution in [0.2, 0.25) is 0 Å². The highest BCUT2D eigenvalue weighted by Gasteiger charge is 2.48. The van der Waals surface area contributed by atoms with Gasteiger partial charge in [-0.15, -0.1) is 0 Å². The summed E-state index contributed by atoms with van der Waals surface area (Å²) in [5.41, 5.74) is 1.70. The zero-order valence-electron chi connectivity index (χ0n) is 20.2. The van der Waals surface area contributed by atoms with Gasteiger partial charge in [-0.3, -0.25) is 14.4 Å². The molecular formula is C27H24N4O5S. The van der Waals surface area contributed by atoms with E-state index in [1.165, 1.54) is 55.5 Å². The maximum Gasteiger partial charge on any atom is 0.252 e. The Morgan fingerprint density at radius 3 is 2.22 bits per heavy atom. The lowest BCUT2D eigenvalue weighted by Gasteiger charge is -2.32. The minimum absolute atomic E-state index is 0.0820. The molecular weight excluding hydrogens is 492 g/mol. The van der Waals surface area contributed by atoms with E-state index in [9.17, 15) is 22.8 Å². The van der Waals surface area contributed by atoms with Gasteiger partial charge in [-0.05, 0) is 61.0 Å². The number of nitriles is 1. The molecule has 3 aromatic rings. The molecule has 1 saturated heterocycles. The van der Waals surface area contributed by atoms with Gasteiger partial charge in [0, 0.05) is 18.7 Å². The first-order valence-electron chi connectivity index (χ1n) is 11.5. The summed E-state index contributed by atoms with van der Waals surface area (Å²) in [4.78, 5) is 38.8. The molecule has 9 nitrogen and oxygen atoms in total. The van der Waals surface area contributed by atoms with E-state index >= 15 is 0 Å². The Kier molecular flexibility index (Phi) is 7.20. The van der Waals surface area contributed by atoms with E-state index < -0.39 is 33.9 Å². The standard InChI is InChI=1S/C27H24N4O5S/c1-18(21-6-4-3-5-7-21)31(37(35,36)24-14-10-22(11-15-24)29-19(2)32)25-16-26(33)30(27(25)34)23-12-8-20(17-28)9-13-23/h3-15,18,25H,16H2,1-2H3,(H,29,32). The maximum absolute atomic E-state index is 14.0. The Morgan fingerprint density at radius 2 is 1.65 bits per heavy atom. The van der Waals surface area contributed by atoms with Gasteiger partial charge < -0.3 is 5.32 Å². The molecule has 1 aliphatic rings. The van der Waals surface area contributed by atoms with E-state index in [0.29, 0.717) is 16.8 Å². The van der Waals surface area contributed by atoms with Gasteiger partial charge in [0.15, 0.2) is 0 Å². The Labute approximate surface area is 215 Å². The third-order valence-electron chi connectivity index (χ3n) is 6.10. The minimum atomic E-state index is -4.27. The van der Waals surface area contributed by atoms with Gasteiger partial charge in [-0.2, -0.15) is 9.57 Å². The zero-order valence-corrected chi connectivity index (χ0v) is 21.0. The molecule has 2 unspecified atom stereocenters. The topological polar surface area (TPSA) is 128 Å². The Balaban J connectivity index is 1.76. The van der Waals surface area contributed by atoms with Crippen LogP contribution in [0.4, 0.5) is 11.4 Å². The Bertz CT molecular complexity index is 1480. The van der Waals surface area contributed by atoms with Gasteiger partial charge in [0.25, 0.3) is 5.91 Å². The number of nitrogens with one attached hydrogen (secondary N) is 1. The third kappa shape index (κ3) is 5.14. The molecule has 0 aromatic heterocycles. The average molecular weight is 517 g/mol. The second-order valence-corrected chi connectivity index (χ2v) is 10.4. The number of amides is 3. The first-order valence-corrected chi connectivity index (χ1v) is 12.9. The van der Waals surface area contributed by atoms with E-state index in [-0.39, 0.29) is 22.9 Å². The Hall–Kier alpha value is -4.33. The van der Waals surface area contributed by atoms with Crippen LogP contribution in [0.3, 0.4) is 0 Å². The summed E-state index contributed by atoms with van der Waals surface area (Å²) in [5.74, 6) is -1.51. The van der Waals surface area contributed by atoms with E-state index in [0.717, 1.165) is 9.21 Å². The number of rotatable bonds is 7. The highest BCUT2D eigenvalue weighted by molar-refractivity contribution is 7.89. The lowest BCUT2D eigenvalue weighted by molar-refractivity contribution is -0.122. The molecule has 0 bridgehead atoms. The minimum Gasteiger partial charge on any atom is -0.326 e. The zero-order chi connectivity index (χ0) is 26.7. The molecule has 0 aliphatic carbocycles. The van der Waals surface area contributed by atoms with Crippen LogP contribution in [0.15, 0.2) is 83.8 Å². The van der Waals surface area contributed by atoms with Crippen LogP contribution >= 0.6 is 0 Å². The van der Waals surface area contributed by atoms with Crippen LogP contribution in [0.25, 0.3) is 0 Å². The number of sulfonamides is 1.